The molecular weight excluding hydrogens is 471 g/mol. The highest BCUT2D eigenvalue weighted by molar-refractivity contribution is 6.05. The Balaban J connectivity index is 1.50. The summed E-state index contributed by atoms with van der Waals surface area (Å²) in [5.74, 6) is -0.359. The number of nitrogens with one attached hydrogen (secondary N) is 2. The third-order valence-corrected chi connectivity index (χ3v) is 6.41. The number of benzene rings is 1. The summed E-state index contributed by atoms with van der Waals surface area (Å²) in [6.45, 7) is 0. The molecule has 0 atom stereocenters. The van der Waals surface area contributed by atoms with Gasteiger partial charge in [-0.15, -0.1) is 0 Å². The molecule has 0 spiro atoms. The molecule has 5 rings (SSSR count). The van der Waals surface area contributed by atoms with Gasteiger partial charge in [0, 0.05) is 42.0 Å². The molecule has 1 saturated carbocycles. The molecule has 184 valence electrons. The van der Waals surface area contributed by atoms with Crippen LogP contribution < -0.4 is 10.6 Å². The van der Waals surface area contributed by atoms with Gasteiger partial charge in [-0.3, -0.25) is 9.59 Å². The average molecular weight is 493 g/mol. The standard InChI is InChI=1S/C26H22F3N5O2/c1-30-24(35)17-7-5-15(6-8-17)22-20-13-18(11-12-34(20)33-23(22)16-3-2-4-16)25(36)32-21-10-9-19(14-31-21)26(27,28)29/h5-14,16H,2-4H2,1H3,(H,30,35)(H,31,32,36). The fourth-order valence-electron chi connectivity index (χ4n) is 4.22. The summed E-state index contributed by atoms with van der Waals surface area (Å²) in [5.41, 5.74) is 3.39. The summed E-state index contributed by atoms with van der Waals surface area (Å²) in [5, 5.41) is 9.94. The van der Waals surface area contributed by atoms with Crippen molar-refractivity contribution in [3.05, 3.63) is 83.3 Å². The molecular formula is C26H22F3N5O2. The summed E-state index contributed by atoms with van der Waals surface area (Å²) in [6.07, 6.45) is 1.05. The molecule has 2 N–H and O–H groups in total. The van der Waals surface area contributed by atoms with Crippen LogP contribution in [0, 0.1) is 0 Å². The number of pyridine rings is 2. The van der Waals surface area contributed by atoms with Gasteiger partial charge in [0.1, 0.15) is 5.82 Å². The molecule has 36 heavy (non-hydrogen) atoms. The van der Waals surface area contributed by atoms with Gasteiger partial charge in [0.05, 0.1) is 16.8 Å². The first-order valence-electron chi connectivity index (χ1n) is 11.4. The van der Waals surface area contributed by atoms with Gasteiger partial charge in [-0.05, 0) is 54.8 Å². The van der Waals surface area contributed by atoms with E-state index in [1.165, 1.54) is 0 Å². The lowest BCUT2D eigenvalue weighted by Gasteiger charge is -2.24. The van der Waals surface area contributed by atoms with E-state index < -0.39 is 17.6 Å². The zero-order valence-electron chi connectivity index (χ0n) is 19.3. The van der Waals surface area contributed by atoms with E-state index in [2.05, 4.69) is 15.6 Å². The molecule has 0 aliphatic heterocycles. The molecule has 3 aromatic heterocycles. The van der Waals surface area contributed by atoms with Gasteiger partial charge >= 0.3 is 6.18 Å². The molecule has 0 bridgehead atoms. The van der Waals surface area contributed by atoms with Gasteiger partial charge in [-0.1, -0.05) is 18.6 Å². The summed E-state index contributed by atoms with van der Waals surface area (Å²) in [6, 6.07) is 12.5. The molecule has 7 nitrogen and oxygen atoms in total. The van der Waals surface area contributed by atoms with E-state index in [0.29, 0.717) is 23.2 Å². The summed E-state index contributed by atoms with van der Waals surface area (Å²) in [7, 11) is 1.57. The van der Waals surface area contributed by atoms with Crippen LogP contribution in [0.4, 0.5) is 19.0 Å². The van der Waals surface area contributed by atoms with Gasteiger partial charge in [0.2, 0.25) is 0 Å². The second-order valence-electron chi connectivity index (χ2n) is 8.67. The zero-order valence-corrected chi connectivity index (χ0v) is 19.3. The maximum absolute atomic E-state index is 12.9. The van der Waals surface area contributed by atoms with Crippen LogP contribution in [-0.4, -0.2) is 33.5 Å². The van der Waals surface area contributed by atoms with Gasteiger partial charge in [0.15, 0.2) is 0 Å². The fourth-order valence-corrected chi connectivity index (χ4v) is 4.22. The van der Waals surface area contributed by atoms with E-state index in [0.717, 1.165) is 53.7 Å². The van der Waals surface area contributed by atoms with Gasteiger partial charge in [-0.25, -0.2) is 9.50 Å². The van der Waals surface area contributed by atoms with Crippen molar-refractivity contribution in [1.29, 1.82) is 0 Å². The van der Waals surface area contributed by atoms with Gasteiger partial charge in [0.25, 0.3) is 11.8 Å². The van der Waals surface area contributed by atoms with Crippen LogP contribution in [0.1, 0.15) is 57.2 Å². The normalized spacial score (nSPS) is 13.9. The van der Waals surface area contributed by atoms with Crippen molar-refractivity contribution in [1.82, 2.24) is 19.9 Å². The molecule has 1 fully saturated rings. The number of hydrogen-bond acceptors (Lipinski definition) is 4. The van der Waals surface area contributed by atoms with E-state index in [9.17, 15) is 22.8 Å². The number of halogens is 3. The minimum Gasteiger partial charge on any atom is -0.355 e. The molecule has 10 heteroatoms. The summed E-state index contributed by atoms with van der Waals surface area (Å²) in [4.78, 5) is 28.6. The van der Waals surface area contributed by atoms with Crippen molar-refractivity contribution in [2.45, 2.75) is 31.4 Å². The van der Waals surface area contributed by atoms with Gasteiger partial charge in [-0.2, -0.15) is 18.3 Å². The largest absolute Gasteiger partial charge is 0.417 e. The number of carbonyl (C=O) groups excluding carboxylic acids is 2. The number of amides is 2. The molecule has 1 aliphatic carbocycles. The number of nitrogens with zero attached hydrogens (tertiary/aromatic N) is 3. The Morgan fingerprint density at radius 1 is 1.00 bits per heavy atom. The fraction of sp³-hybridized carbons (Fsp3) is 0.231. The van der Waals surface area contributed by atoms with E-state index in [1.807, 2.05) is 12.1 Å². The summed E-state index contributed by atoms with van der Waals surface area (Å²) >= 11 is 0. The minimum atomic E-state index is -4.50. The van der Waals surface area contributed by atoms with Crippen LogP contribution in [0.25, 0.3) is 16.6 Å². The second-order valence-corrected chi connectivity index (χ2v) is 8.67. The molecule has 0 unspecified atom stereocenters. The van der Waals surface area contributed by atoms with Crippen LogP contribution in [0.3, 0.4) is 0 Å². The SMILES string of the molecule is CNC(=O)c1ccc(-c2c(C3CCC3)nn3ccc(C(=O)Nc4ccc(C(F)(F)F)cn4)cc23)cc1. The van der Waals surface area contributed by atoms with Crippen molar-refractivity contribution < 1.29 is 22.8 Å². The van der Waals surface area contributed by atoms with Crippen LogP contribution in [0.2, 0.25) is 0 Å². The number of alkyl halides is 3. The van der Waals surface area contributed by atoms with Gasteiger partial charge < -0.3 is 10.6 Å². The maximum Gasteiger partial charge on any atom is 0.417 e. The lowest BCUT2D eigenvalue weighted by atomic mass is 9.80. The molecule has 0 radical (unpaired) electrons. The predicted octanol–water partition coefficient (Wildman–Crippen LogP) is 5.29. The number of carbonyl (C=O) groups is 2. The number of hydrogen-bond donors (Lipinski definition) is 2. The molecule has 3 heterocycles. The van der Waals surface area contributed by atoms with Crippen molar-refractivity contribution in [2.75, 3.05) is 12.4 Å². The number of rotatable bonds is 5. The number of aromatic nitrogens is 3. The van der Waals surface area contributed by atoms with Crippen molar-refractivity contribution in [3.8, 4) is 11.1 Å². The van der Waals surface area contributed by atoms with E-state index in [4.69, 9.17) is 5.10 Å². The molecule has 4 aromatic rings. The first-order valence-corrected chi connectivity index (χ1v) is 11.4. The van der Waals surface area contributed by atoms with E-state index >= 15 is 0 Å². The predicted molar refractivity (Wildman–Crippen MR) is 128 cm³/mol. The quantitative estimate of drug-likeness (QED) is 0.395. The summed E-state index contributed by atoms with van der Waals surface area (Å²) < 4.78 is 40.1. The Labute approximate surface area is 204 Å². The zero-order chi connectivity index (χ0) is 25.4. The first-order chi connectivity index (χ1) is 17.2. The smallest absolute Gasteiger partial charge is 0.355 e. The highest BCUT2D eigenvalue weighted by atomic mass is 19.4. The Kier molecular flexibility index (Phi) is 5.95. The van der Waals surface area contributed by atoms with Crippen molar-refractivity contribution in [2.24, 2.45) is 0 Å². The van der Waals surface area contributed by atoms with E-state index in [1.54, 1.807) is 42.0 Å². The average Bonchev–Trinajstić information content (AvgIpc) is 3.20. The number of fused-ring (bicyclic) bond motifs is 1. The van der Waals surface area contributed by atoms with Crippen molar-refractivity contribution >= 4 is 23.1 Å². The third-order valence-electron chi connectivity index (χ3n) is 6.41. The monoisotopic (exact) mass is 493 g/mol. The minimum absolute atomic E-state index is 0.0153. The Morgan fingerprint density at radius 2 is 1.75 bits per heavy atom. The molecule has 1 aliphatic rings. The highest BCUT2D eigenvalue weighted by Crippen LogP contribution is 2.42. The van der Waals surface area contributed by atoms with Crippen LogP contribution in [0.15, 0.2) is 60.9 Å². The second kappa shape index (κ2) is 9.10. The van der Waals surface area contributed by atoms with Crippen LogP contribution in [-0.2, 0) is 6.18 Å². The van der Waals surface area contributed by atoms with Crippen LogP contribution in [0.5, 0.6) is 0 Å². The topological polar surface area (TPSA) is 88.4 Å². The lowest BCUT2D eigenvalue weighted by molar-refractivity contribution is -0.137. The Bertz CT molecular complexity index is 1440. The van der Waals surface area contributed by atoms with Crippen LogP contribution >= 0.6 is 0 Å². The molecule has 2 amide bonds. The first kappa shape index (κ1) is 23.5. The van der Waals surface area contributed by atoms with Crippen molar-refractivity contribution in [3.63, 3.8) is 0 Å². The van der Waals surface area contributed by atoms with E-state index in [-0.39, 0.29) is 11.7 Å². The Hall–Kier alpha value is -4.21. The third kappa shape index (κ3) is 4.41. The lowest BCUT2D eigenvalue weighted by Crippen LogP contribution is -2.17. The number of anilines is 1. The highest BCUT2D eigenvalue weighted by Gasteiger charge is 2.31. The Morgan fingerprint density at radius 3 is 2.33 bits per heavy atom. The molecule has 1 aromatic carbocycles. The molecule has 0 saturated heterocycles. The maximum atomic E-state index is 12.9.